The normalized spacial score (nSPS) is 21.9. The van der Waals surface area contributed by atoms with Crippen molar-refractivity contribution in [2.24, 2.45) is 0 Å². The first-order valence-corrected chi connectivity index (χ1v) is 14.1. The SMILES string of the molecule is CCCCN(C(=O)c1cccs1)c1ccc2scc(C3CCC4CCCCN4CC3)c2c1. The van der Waals surface area contributed by atoms with Crippen molar-refractivity contribution in [2.45, 2.75) is 70.3 Å². The molecule has 0 N–H and O–H groups in total. The highest BCUT2D eigenvalue weighted by Crippen LogP contribution is 2.40. The minimum atomic E-state index is 0.135. The first kappa shape index (κ1) is 22.1. The Bertz CT molecular complexity index is 1030. The molecule has 5 heteroatoms. The fourth-order valence-electron chi connectivity index (χ4n) is 5.57. The molecule has 32 heavy (non-hydrogen) atoms. The van der Waals surface area contributed by atoms with Crippen LogP contribution in [-0.2, 0) is 0 Å². The van der Waals surface area contributed by atoms with Gasteiger partial charge in [-0.2, -0.15) is 0 Å². The van der Waals surface area contributed by atoms with Crippen molar-refractivity contribution in [2.75, 3.05) is 24.5 Å². The number of hydrogen-bond acceptors (Lipinski definition) is 4. The van der Waals surface area contributed by atoms with E-state index in [2.05, 4.69) is 35.4 Å². The van der Waals surface area contributed by atoms with Crippen LogP contribution in [0.5, 0.6) is 0 Å². The summed E-state index contributed by atoms with van der Waals surface area (Å²) < 4.78 is 1.35. The number of anilines is 1. The van der Waals surface area contributed by atoms with Gasteiger partial charge in [-0.15, -0.1) is 22.7 Å². The van der Waals surface area contributed by atoms with Gasteiger partial charge in [0.2, 0.25) is 0 Å². The average Bonchev–Trinajstić information content (AvgIpc) is 3.46. The summed E-state index contributed by atoms with van der Waals surface area (Å²) >= 11 is 3.41. The van der Waals surface area contributed by atoms with Crippen molar-refractivity contribution in [1.29, 1.82) is 0 Å². The summed E-state index contributed by atoms with van der Waals surface area (Å²) in [6.45, 7) is 5.50. The quantitative estimate of drug-likeness (QED) is 0.375. The number of carbonyl (C=O) groups is 1. The molecule has 170 valence electrons. The fraction of sp³-hybridized carbons (Fsp3) is 0.519. The zero-order chi connectivity index (χ0) is 21.9. The Balaban J connectivity index is 1.44. The fourth-order valence-corrected chi connectivity index (χ4v) is 7.27. The second-order valence-corrected chi connectivity index (χ2v) is 11.3. The van der Waals surface area contributed by atoms with Gasteiger partial charge in [0, 0.05) is 23.0 Å². The Morgan fingerprint density at radius 2 is 2.03 bits per heavy atom. The number of rotatable bonds is 6. The Labute approximate surface area is 200 Å². The monoisotopic (exact) mass is 466 g/mol. The highest BCUT2D eigenvalue weighted by Gasteiger charge is 2.29. The van der Waals surface area contributed by atoms with Crippen molar-refractivity contribution in [3.63, 3.8) is 0 Å². The largest absolute Gasteiger partial charge is 0.308 e. The van der Waals surface area contributed by atoms with E-state index in [0.717, 1.165) is 36.0 Å². The molecule has 0 radical (unpaired) electrons. The van der Waals surface area contributed by atoms with E-state index in [1.165, 1.54) is 78.6 Å². The summed E-state index contributed by atoms with van der Waals surface area (Å²) in [6, 6.07) is 11.4. The third-order valence-electron chi connectivity index (χ3n) is 7.41. The summed E-state index contributed by atoms with van der Waals surface area (Å²) in [7, 11) is 0. The standard InChI is InChI=1S/C27H34N2OS2/c1-2-3-15-29(27(30)26-8-6-17-31-26)22-11-12-25-23(18-22)24(19-32-25)20-9-10-21-7-4-5-14-28(21)16-13-20/h6,8,11-12,17-21H,2-5,7,9-10,13-16H2,1H3. The number of thiophene rings is 2. The summed E-state index contributed by atoms with van der Waals surface area (Å²) in [6.07, 6.45) is 10.2. The number of piperidine rings is 1. The third-order valence-corrected chi connectivity index (χ3v) is 9.25. The van der Waals surface area contributed by atoms with Crippen LogP contribution in [0.25, 0.3) is 10.1 Å². The molecule has 2 saturated heterocycles. The van der Waals surface area contributed by atoms with E-state index in [4.69, 9.17) is 0 Å². The van der Waals surface area contributed by atoms with Crippen LogP contribution in [0.15, 0.2) is 41.1 Å². The van der Waals surface area contributed by atoms with Gasteiger partial charge >= 0.3 is 0 Å². The van der Waals surface area contributed by atoms with Crippen molar-refractivity contribution >= 4 is 44.4 Å². The van der Waals surface area contributed by atoms with E-state index < -0.39 is 0 Å². The lowest BCUT2D eigenvalue weighted by atomic mass is 9.90. The number of benzene rings is 1. The van der Waals surface area contributed by atoms with Crippen LogP contribution < -0.4 is 4.90 Å². The van der Waals surface area contributed by atoms with Gasteiger partial charge in [-0.05, 0) is 104 Å². The molecule has 5 rings (SSSR count). The van der Waals surface area contributed by atoms with Gasteiger partial charge in [-0.3, -0.25) is 4.79 Å². The molecule has 2 unspecified atom stereocenters. The van der Waals surface area contributed by atoms with Crippen molar-refractivity contribution < 1.29 is 4.79 Å². The first-order chi connectivity index (χ1) is 15.7. The van der Waals surface area contributed by atoms with Gasteiger partial charge in [-0.25, -0.2) is 0 Å². The molecular formula is C27H34N2OS2. The average molecular weight is 467 g/mol. The molecule has 2 aliphatic heterocycles. The predicted molar refractivity (Wildman–Crippen MR) is 139 cm³/mol. The molecule has 3 nitrogen and oxygen atoms in total. The Morgan fingerprint density at radius 3 is 2.88 bits per heavy atom. The maximum absolute atomic E-state index is 13.3. The van der Waals surface area contributed by atoms with E-state index in [-0.39, 0.29) is 5.91 Å². The molecule has 0 spiro atoms. The summed E-state index contributed by atoms with van der Waals surface area (Å²) in [5.41, 5.74) is 2.57. The van der Waals surface area contributed by atoms with Gasteiger partial charge < -0.3 is 9.80 Å². The van der Waals surface area contributed by atoms with Crippen molar-refractivity contribution in [1.82, 2.24) is 4.90 Å². The number of fused-ring (bicyclic) bond motifs is 2. The van der Waals surface area contributed by atoms with Crippen LogP contribution in [0.2, 0.25) is 0 Å². The maximum Gasteiger partial charge on any atom is 0.268 e. The Morgan fingerprint density at radius 1 is 1.09 bits per heavy atom. The third kappa shape index (κ3) is 4.52. The van der Waals surface area contributed by atoms with Crippen LogP contribution in [0, 0.1) is 0 Å². The van der Waals surface area contributed by atoms with Crippen LogP contribution in [0.4, 0.5) is 5.69 Å². The second kappa shape index (κ2) is 10.1. The van der Waals surface area contributed by atoms with Gasteiger partial charge in [0.25, 0.3) is 5.91 Å². The molecule has 2 atom stereocenters. The molecule has 0 aliphatic carbocycles. The van der Waals surface area contributed by atoms with Crippen molar-refractivity contribution in [3.05, 3.63) is 51.5 Å². The van der Waals surface area contributed by atoms with Crippen LogP contribution >= 0.6 is 22.7 Å². The Hall–Kier alpha value is -1.69. The molecule has 1 aromatic carbocycles. The minimum absolute atomic E-state index is 0.135. The summed E-state index contributed by atoms with van der Waals surface area (Å²) in [4.78, 5) is 18.9. The van der Waals surface area contributed by atoms with E-state index in [1.807, 2.05) is 33.7 Å². The molecule has 2 aliphatic rings. The number of carbonyl (C=O) groups excluding carboxylic acids is 1. The predicted octanol–water partition coefficient (Wildman–Crippen LogP) is 7.53. The molecule has 4 heterocycles. The zero-order valence-corrected chi connectivity index (χ0v) is 20.7. The van der Waals surface area contributed by atoms with Crippen LogP contribution in [-0.4, -0.2) is 36.5 Å². The topological polar surface area (TPSA) is 23.6 Å². The van der Waals surface area contributed by atoms with E-state index >= 15 is 0 Å². The molecule has 1 amide bonds. The lowest BCUT2D eigenvalue weighted by Crippen LogP contribution is -2.38. The van der Waals surface area contributed by atoms with Gasteiger partial charge in [0.05, 0.1) is 4.88 Å². The van der Waals surface area contributed by atoms with Gasteiger partial charge in [0.1, 0.15) is 0 Å². The lowest BCUT2D eigenvalue weighted by Gasteiger charge is -2.33. The molecule has 0 bridgehead atoms. The summed E-state index contributed by atoms with van der Waals surface area (Å²) in [5.74, 6) is 0.776. The second-order valence-electron chi connectivity index (χ2n) is 9.41. The summed E-state index contributed by atoms with van der Waals surface area (Å²) in [5, 5.41) is 5.77. The molecular weight excluding hydrogens is 432 g/mol. The number of unbranched alkanes of at least 4 members (excludes halogenated alkanes) is 1. The minimum Gasteiger partial charge on any atom is -0.308 e. The first-order valence-electron chi connectivity index (χ1n) is 12.3. The smallest absolute Gasteiger partial charge is 0.268 e. The molecule has 3 aromatic rings. The lowest BCUT2D eigenvalue weighted by molar-refractivity contribution is 0.0990. The maximum atomic E-state index is 13.3. The zero-order valence-electron chi connectivity index (χ0n) is 19.1. The van der Waals surface area contributed by atoms with Crippen LogP contribution in [0.3, 0.4) is 0 Å². The van der Waals surface area contributed by atoms with E-state index in [0.29, 0.717) is 5.92 Å². The van der Waals surface area contributed by atoms with Gasteiger partial charge in [0.15, 0.2) is 0 Å². The Kier molecular flexibility index (Phi) is 6.96. The van der Waals surface area contributed by atoms with Crippen LogP contribution in [0.1, 0.15) is 79.4 Å². The van der Waals surface area contributed by atoms with Gasteiger partial charge in [-0.1, -0.05) is 25.8 Å². The molecule has 2 aromatic heterocycles. The number of amides is 1. The van der Waals surface area contributed by atoms with Crippen molar-refractivity contribution in [3.8, 4) is 0 Å². The van der Waals surface area contributed by atoms with E-state index in [1.54, 1.807) is 0 Å². The van der Waals surface area contributed by atoms with E-state index in [9.17, 15) is 4.79 Å². The molecule has 2 fully saturated rings. The number of hydrogen-bond donors (Lipinski definition) is 0. The molecule has 0 saturated carbocycles. The number of nitrogens with zero attached hydrogens (tertiary/aromatic N) is 2. The highest BCUT2D eigenvalue weighted by atomic mass is 32.1. The highest BCUT2D eigenvalue weighted by molar-refractivity contribution is 7.17.